The lowest BCUT2D eigenvalue weighted by Crippen LogP contribution is -2.51. The summed E-state index contributed by atoms with van der Waals surface area (Å²) >= 11 is 0. The van der Waals surface area contributed by atoms with E-state index in [1.54, 1.807) is 0 Å². The van der Waals surface area contributed by atoms with E-state index in [9.17, 15) is 0 Å². The maximum Gasteiger partial charge on any atom is 0.501 e. The first-order valence-corrected chi connectivity index (χ1v) is 41.7. The second kappa shape index (κ2) is 32.9. The summed E-state index contributed by atoms with van der Waals surface area (Å²) in [5, 5.41) is 2.47. The van der Waals surface area contributed by atoms with Crippen molar-refractivity contribution >= 4 is 80.4 Å². The summed E-state index contributed by atoms with van der Waals surface area (Å²) in [5.74, 6) is -2.19. The number of hydrogen-bond donors (Lipinski definition) is 0. The van der Waals surface area contributed by atoms with Crippen LogP contribution in [0.5, 0.6) is 0 Å². The Hall–Kier alpha value is -3.93. The molecule has 4 amide bonds. The summed E-state index contributed by atoms with van der Waals surface area (Å²) in [7, 11) is -13.8. The van der Waals surface area contributed by atoms with Crippen LogP contribution >= 0.6 is 0 Å². The van der Waals surface area contributed by atoms with Crippen LogP contribution in [0, 0.1) is 0 Å². The van der Waals surface area contributed by atoms with E-state index in [0.717, 1.165) is 0 Å². The molecule has 6 rings (SSSR count). The van der Waals surface area contributed by atoms with Gasteiger partial charge in [-0.15, -0.1) is 0 Å². The van der Waals surface area contributed by atoms with Crippen LogP contribution in [0.3, 0.4) is 0 Å². The molecule has 0 N–H and O–H groups in total. The van der Waals surface area contributed by atoms with Gasteiger partial charge >= 0.3 is 35.2 Å². The number of amides is 4. The monoisotopic (exact) mass is 1350 g/mol. The summed E-state index contributed by atoms with van der Waals surface area (Å²) in [6.07, 6.45) is -1.44. The van der Waals surface area contributed by atoms with Gasteiger partial charge in [-0.1, -0.05) is 48.5 Å². The molecule has 4 aromatic rings. The number of carbonyl (C=O) groups excluding carboxylic acids is 4. The smallest absolute Gasteiger partial charge is 0.371 e. The van der Waals surface area contributed by atoms with Crippen LogP contribution in [0.4, 0.5) is 0 Å². The first kappa shape index (κ1) is 77.1. The molecule has 22 heteroatoms. The predicted octanol–water partition coefficient (Wildman–Crippen LogP) is 14.9. The molecule has 0 saturated heterocycles. The number of carbonyl (C=O) groups is 4. The molecule has 18 nitrogen and oxygen atoms in total. The summed E-state index contributed by atoms with van der Waals surface area (Å²) in [5.41, 5.74) is 4.10. The number of benzene rings is 4. The SMILES string of the molecule is CC(C)O[Si](CCc1ccc2ccc(CC[Si](OC(C)C)(OC(C)C)OC(C)C)c3c2c1C(=O)N(CCN1C(=O)c2c(CC[Si](OC(C)C)(OC(C)C)OC(C)C)ccc4ccc(CC[Si](OC(C)C)(OC(C)C)OC(C)C)c(c24)C1=O)C3=O)(OC(C)C)OC(C)C. The van der Waals surface area contributed by atoms with Crippen molar-refractivity contribution in [3.8, 4) is 0 Å². The molecule has 0 aliphatic carbocycles. The fourth-order valence-electron chi connectivity index (χ4n) is 12.7. The largest absolute Gasteiger partial charge is 0.501 e. The van der Waals surface area contributed by atoms with Gasteiger partial charge in [-0.2, -0.15) is 0 Å². The van der Waals surface area contributed by atoms with E-state index in [2.05, 4.69) is 0 Å². The van der Waals surface area contributed by atoms with Crippen LogP contribution in [0.1, 0.15) is 230 Å². The van der Waals surface area contributed by atoms with Crippen LogP contribution in [0.2, 0.25) is 24.2 Å². The maximum absolute atomic E-state index is 15.9. The summed E-state index contributed by atoms with van der Waals surface area (Å²) in [4.78, 5) is 66.1. The predicted molar refractivity (Wildman–Crippen MR) is 370 cm³/mol. The Morgan fingerprint density at radius 3 is 0.554 bits per heavy atom. The van der Waals surface area contributed by atoms with Gasteiger partial charge in [0.05, 0.1) is 22.3 Å². The van der Waals surface area contributed by atoms with Gasteiger partial charge in [0.15, 0.2) is 0 Å². The van der Waals surface area contributed by atoms with Crippen molar-refractivity contribution in [3.63, 3.8) is 0 Å². The van der Waals surface area contributed by atoms with E-state index in [1.165, 1.54) is 9.80 Å². The minimum Gasteiger partial charge on any atom is -0.371 e. The highest BCUT2D eigenvalue weighted by molar-refractivity contribution is 6.62. The van der Waals surface area contributed by atoms with Crippen LogP contribution in [0.15, 0.2) is 48.5 Å². The Kier molecular flexibility index (Phi) is 27.5. The van der Waals surface area contributed by atoms with Gasteiger partial charge in [0.2, 0.25) is 0 Å². The number of aryl methyl sites for hydroxylation is 4. The summed E-state index contributed by atoms with van der Waals surface area (Å²) < 4.78 is 80.0. The summed E-state index contributed by atoms with van der Waals surface area (Å²) in [6.45, 7) is 46.3. The molecule has 92 heavy (non-hydrogen) atoms. The van der Waals surface area contributed by atoms with E-state index in [1.807, 2.05) is 215 Å². The van der Waals surface area contributed by atoms with Crippen molar-refractivity contribution < 1.29 is 72.3 Å². The Bertz CT molecular complexity index is 2660. The zero-order chi connectivity index (χ0) is 68.5. The molecule has 0 radical (unpaired) electrons. The number of nitrogens with zero attached hydrogens (tertiary/aromatic N) is 2. The molecule has 0 aromatic heterocycles. The standard InChI is InChI=1S/C70H112N2O16Si4/c1-43(2)77-89(78-44(3)4,79-45(5)6)39-33-57-29-25-55-26-30-58(34-40-90(80-46(7)8,81-47(9)10)82-48(11)12)64-61(55)63(57)67(73)71(68(64)74)37-38-72-69(75)65-59(35-41-91(83-49(13)14,84-50(15)16)85-51(17)18)31-27-56-28-32-60(66(62(56)65)70(72)76)36-42-92(86-52(19)20,87-53(21)22)88-54(23)24/h25-32,43-54H,33-42H2,1-24H3. The average Bonchev–Trinajstić information content (AvgIpc) is 0.734. The molecule has 0 spiro atoms. The Morgan fingerprint density at radius 2 is 0.413 bits per heavy atom. The lowest BCUT2D eigenvalue weighted by atomic mass is 9.86. The molecule has 0 saturated carbocycles. The summed E-state index contributed by atoms with van der Waals surface area (Å²) in [6, 6.07) is 16.9. The fourth-order valence-corrected chi connectivity index (χ4v) is 25.7. The third-order valence-electron chi connectivity index (χ3n) is 14.9. The first-order valence-electron chi connectivity index (χ1n) is 33.9. The van der Waals surface area contributed by atoms with Crippen LogP contribution in [-0.4, -0.2) is 155 Å². The van der Waals surface area contributed by atoms with E-state index in [4.69, 9.17) is 53.1 Å². The Morgan fingerprint density at radius 1 is 0.261 bits per heavy atom. The highest BCUT2D eigenvalue weighted by Crippen LogP contribution is 2.41. The van der Waals surface area contributed by atoms with Crippen molar-refractivity contribution in [1.82, 2.24) is 9.80 Å². The number of hydrogen-bond acceptors (Lipinski definition) is 16. The third kappa shape index (κ3) is 19.9. The molecule has 2 aliphatic rings. The highest BCUT2D eigenvalue weighted by atomic mass is 28.4. The van der Waals surface area contributed by atoms with Gasteiger partial charge in [-0.05, 0) is 225 Å². The van der Waals surface area contributed by atoms with Crippen LogP contribution < -0.4 is 0 Å². The zero-order valence-electron chi connectivity index (χ0n) is 60.0. The third-order valence-corrected chi connectivity index (χ3v) is 28.3. The van der Waals surface area contributed by atoms with Gasteiger partial charge in [0.25, 0.3) is 23.6 Å². The van der Waals surface area contributed by atoms with Crippen molar-refractivity contribution in [2.75, 3.05) is 13.1 Å². The molecule has 2 aliphatic heterocycles. The fraction of sp³-hybridized carbons (Fsp3) is 0.657. The van der Waals surface area contributed by atoms with E-state index in [-0.39, 0.29) is 86.3 Å². The van der Waals surface area contributed by atoms with Gasteiger partial charge in [-0.3, -0.25) is 29.0 Å². The minimum atomic E-state index is -3.44. The van der Waals surface area contributed by atoms with E-state index >= 15 is 19.2 Å². The van der Waals surface area contributed by atoms with E-state index in [0.29, 0.717) is 116 Å². The van der Waals surface area contributed by atoms with Crippen LogP contribution in [-0.2, 0) is 78.8 Å². The van der Waals surface area contributed by atoms with Gasteiger partial charge in [0.1, 0.15) is 0 Å². The van der Waals surface area contributed by atoms with Crippen molar-refractivity contribution in [3.05, 3.63) is 93.0 Å². The molecule has 0 atom stereocenters. The topological polar surface area (TPSA) is 186 Å². The van der Waals surface area contributed by atoms with Gasteiger partial charge in [0, 0.05) is 121 Å². The molecule has 2 heterocycles. The number of imide groups is 2. The normalized spacial score (nSPS) is 14.7. The number of rotatable bonds is 39. The quantitative estimate of drug-likeness (QED) is 0.0303. The minimum absolute atomic E-state index is 0.224. The first-order chi connectivity index (χ1) is 42.9. The lowest BCUT2D eigenvalue weighted by Gasteiger charge is -2.36. The van der Waals surface area contributed by atoms with Gasteiger partial charge in [-0.25, -0.2) is 0 Å². The maximum atomic E-state index is 15.9. The molecule has 514 valence electrons. The molecule has 0 unspecified atom stereocenters. The van der Waals surface area contributed by atoms with E-state index < -0.39 is 58.8 Å². The lowest BCUT2D eigenvalue weighted by molar-refractivity contribution is 0.00212. The molecule has 0 bridgehead atoms. The Labute approximate surface area is 555 Å². The zero-order valence-corrected chi connectivity index (χ0v) is 64.0. The molecule has 0 fully saturated rings. The van der Waals surface area contributed by atoms with Crippen LogP contribution in [0.25, 0.3) is 21.5 Å². The van der Waals surface area contributed by atoms with Gasteiger partial charge < -0.3 is 53.1 Å². The van der Waals surface area contributed by atoms with Crippen molar-refractivity contribution in [2.45, 2.75) is 289 Å². The second-order valence-electron chi connectivity index (χ2n) is 27.9. The Balaban J connectivity index is 1.55. The van der Waals surface area contributed by atoms with Crippen molar-refractivity contribution in [2.24, 2.45) is 0 Å². The van der Waals surface area contributed by atoms with Crippen molar-refractivity contribution in [1.29, 1.82) is 0 Å². The molecular weight excluding hydrogens is 1240 g/mol. The molecule has 4 aromatic carbocycles. The highest BCUT2D eigenvalue weighted by Gasteiger charge is 2.50. The second-order valence-corrected chi connectivity index (χ2v) is 38.1. The average molecular weight is 1350 g/mol. The molecular formula is C70H112N2O16Si4.